The molecule has 1 atom stereocenters. The zero-order valence-electron chi connectivity index (χ0n) is 10.4. The molecule has 1 heterocycles. The summed E-state index contributed by atoms with van der Waals surface area (Å²) in [5, 5.41) is 11.5. The topological polar surface area (TPSA) is 62.5 Å². The second kappa shape index (κ2) is 6.19. The molecule has 0 aliphatic carbocycles. The second-order valence-corrected chi connectivity index (χ2v) is 4.48. The third kappa shape index (κ3) is 3.37. The van der Waals surface area contributed by atoms with Gasteiger partial charge in [-0.1, -0.05) is 0 Å². The summed E-state index contributed by atoms with van der Waals surface area (Å²) in [5.41, 5.74) is -0.125. The standard InChI is InChI=1S/C13H9ClF3NO3/c14-11-2-1-10(21-11)13(20)18-9(5-19)6-3-7(15)12(17)8(16)4-6/h1-4,9,19H,5H2,(H,18,20). The number of nitrogens with one attached hydrogen (secondary N) is 1. The Morgan fingerprint density at radius 2 is 1.90 bits per heavy atom. The van der Waals surface area contributed by atoms with E-state index in [1.54, 1.807) is 0 Å². The van der Waals surface area contributed by atoms with Crippen molar-refractivity contribution >= 4 is 17.5 Å². The fourth-order valence-corrected chi connectivity index (χ4v) is 1.82. The van der Waals surface area contributed by atoms with Gasteiger partial charge in [-0.15, -0.1) is 0 Å². The van der Waals surface area contributed by atoms with E-state index in [-0.39, 0.29) is 16.5 Å². The number of hydrogen-bond donors (Lipinski definition) is 2. The van der Waals surface area contributed by atoms with Crippen LogP contribution in [0.3, 0.4) is 0 Å². The number of carbonyl (C=O) groups excluding carboxylic acids is 1. The Hall–Kier alpha value is -1.99. The zero-order chi connectivity index (χ0) is 15.6. The third-order valence-corrected chi connectivity index (χ3v) is 2.90. The molecule has 0 saturated heterocycles. The van der Waals surface area contributed by atoms with Crippen LogP contribution < -0.4 is 5.32 Å². The number of amides is 1. The van der Waals surface area contributed by atoms with E-state index < -0.39 is 36.0 Å². The quantitative estimate of drug-likeness (QED) is 0.852. The summed E-state index contributed by atoms with van der Waals surface area (Å²) < 4.78 is 44.0. The summed E-state index contributed by atoms with van der Waals surface area (Å²) in [6.45, 7) is -0.648. The molecule has 1 aromatic heterocycles. The van der Waals surface area contributed by atoms with Crippen molar-refractivity contribution in [3.63, 3.8) is 0 Å². The second-order valence-electron chi connectivity index (χ2n) is 4.11. The van der Waals surface area contributed by atoms with E-state index in [9.17, 15) is 23.1 Å². The van der Waals surface area contributed by atoms with Crippen molar-refractivity contribution in [3.05, 3.63) is 58.3 Å². The number of benzene rings is 1. The van der Waals surface area contributed by atoms with Crippen LogP contribution in [-0.4, -0.2) is 17.6 Å². The predicted octanol–water partition coefficient (Wildman–Crippen LogP) is 2.81. The minimum atomic E-state index is -1.63. The van der Waals surface area contributed by atoms with Crippen molar-refractivity contribution < 1.29 is 27.5 Å². The van der Waals surface area contributed by atoms with E-state index in [1.807, 2.05) is 0 Å². The van der Waals surface area contributed by atoms with Crippen molar-refractivity contribution in [3.8, 4) is 0 Å². The Balaban J connectivity index is 2.22. The molecule has 8 heteroatoms. The van der Waals surface area contributed by atoms with Crippen molar-refractivity contribution in [1.29, 1.82) is 0 Å². The van der Waals surface area contributed by atoms with Crippen LogP contribution in [0.15, 0.2) is 28.7 Å². The van der Waals surface area contributed by atoms with Gasteiger partial charge in [0.25, 0.3) is 5.91 Å². The average molecular weight is 320 g/mol. The number of hydrogen-bond acceptors (Lipinski definition) is 3. The fraction of sp³-hybridized carbons (Fsp3) is 0.154. The van der Waals surface area contributed by atoms with E-state index in [0.29, 0.717) is 12.1 Å². The summed E-state index contributed by atoms with van der Waals surface area (Å²) >= 11 is 5.51. The van der Waals surface area contributed by atoms with Gasteiger partial charge in [-0.25, -0.2) is 13.2 Å². The maximum atomic E-state index is 13.2. The highest BCUT2D eigenvalue weighted by Gasteiger charge is 2.20. The van der Waals surface area contributed by atoms with Crippen LogP contribution in [0.4, 0.5) is 13.2 Å². The van der Waals surface area contributed by atoms with Gasteiger partial charge in [0.05, 0.1) is 12.6 Å². The molecule has 0 aliphatic rings. The Labute approximate surface area is 122 Å². The molecule has 2 N–H and O–H groups in total. The first-order valence-corrected chi connectivity index (χ1v) is 6.11. The monoisotopic (exact) mass is 319 g/mol. The van der Waals surface area contributed by atoms with Crippen LogP contribution in [0.5, 0.6) is 0 Å². The molecular formula is C13H9ClF3NO3. The lowest BCUT2D eigenvalue weighted by Gasteiger charge is -2.16. The molecule has 1 aromatic carbocycles. The first-order valence-electron chi connectivity index (χ1n) is 5.74. The molecule has 0 fully saturated rings. The van der Waals surface area contributed by atoms with Crippen LogP contribution in [0.25, 0.3) is 0 Å². The largest absolute Gasteiger partial charge is 0.440 e. The van der Waals surface area contributed by atoms with Crippen LogP contribution in [-0.2, 0) is 0 Å². The number of carbonyl (C=O) groups is 1. The normalized spacial score (nSPS) is 12.2. The predicted molar refractivity (Wildman–Crippen MR) is 67.3 cm³/mol. The smallest absolute Gasteiger partial charge is 0.287 e. The van der Waals surface area contributed by atoms with Gasteiger partial charge in [-0.2, -0.15) is 0 Å². The summed E-state index contributed by atoms with van der Waals surface area (Å²) in [4.78, 5) is 11.8. The minimum Gasteiger partial charge on any atom is -0.440 e. The summed E-state index contributed by atoms with van der Waals surface area (Å²) in [6, 6.07) is 2.87. The van der Waals surface area contributed by atoms with Crippen molar-refractivity contribution in [2.24, 2.45) is 0 Å². The molecule has 0 aliphatic heterocycles. The maximum Gasteiger partial charge on any atom is 0.287 e. The van der Waals surface area contributed by atoms with Crippen LogP contribution in [0, 0.1) is 17.5 Å². The molecule has 21 heavy (non-hydrogen) atoms. The van der Waals surface area contributed by atoms with Gasteiger partial charge in [0, 0.05) is 0 Å². The van der Waals surface area contributed by atoms with Gasteiger partial charge in [0.15, 0.2) is 28.4 Å². The third-order valence-electron chi connectivity index (χ3n) is 2.69. The first kappa shape index (κ1) is 15.4. The number of aliphatic hydroxyl groups excluding tert-OH is 1. The van der Waals surface area contributed by atoms with Gasteiger partial charge in [-0.3, -0.25) is 4.79 Å². The zero-order valence-corrected chi connectivity index (χ0v) is 11.1. The summed E-state index contributed by atoms with van der Waals surface area (Å²) in [7, 11) is 0. The van der Waals surface area contributed by atoms with E-state index in [0.717, 1.165) is 0 Å². The molecule has 0 spiro atoms. The van der Waals surface area contributed by atoms with Gasteiger partial charge < -0.3 is 14.8 Å². The number of halogens is 4. The molecule has 1 amide bonds. The Bertz CT molecular complexity index is 651. The van der Waals surface area contributed by atoms with Crippen LogP contribution in [0.2, 0.25) is 5.22 Å². The lowest BCUT2D eigenvalue weighted by Crippen LogP contribution is -2.30. The number of rotatable bonds is 4. The van der Waals surface area contributed by atoms with Crippen molar-refractivity contribution in [2.45, 2.75) is 6.04 Å². The highest BCUT2D eigenvalue weighted by Crippen LogP contribution is 2.20. The first-order chi connectivity index (χ1) is 9.92. The van der Waals surface area contributed by atoms with E-state index in [1.165, 1.54) is 12.1 Å². The molecule has 0 saturated carbocycles. The van der Waals surface area contributed by atoms with Gasteiger partial charge >= 0.3 is 0 Å². The highest BCUT2D eigenvalue weighted by atomic mass is 35.5. The molecule has 4 nitrogen and oxygen atoms in total. The lowest BCUT2D eigenvalue weighted by molar-refractivity contribution is 0.0888. The average Bonchev–Trinajstić information content (AvgIpc) is 2.88. The summed E-state index contributed by atoms with van der Waals surface area (Å²) in [5.74, 6) is -5.34. The molecule has 112 valence electrons. The summed E-state index contributed by atoms with van der Waals surface area (Å²) in [6.07, 6.45) is 0. The maximum absolute atomic E-state index is 13.2. The minimum absolute atomic E-state index is 0.0143. The Morgan fingerprint density at radius 1 is 1.29 bits per heavy atom. The van der Waals surface area contributed by atoms with E-state index >= 15 is 0 Å². The lowest BCUT2D eigenvalue weighted by atomic mass is 10.1. The van der Waals surface area contributed by atoms with E-state index in [2.05, 4.69) is 5.32 Å². The number of furan rings is 1. The SMILES string of the molecule is O=C(NC(CO)c1cc(F)c(F)c(F)c1)c1ccc(Cl)o1. The molecule has 1 unspecified atom stereocenters. The Kier molecular flexibility index (Phi) is 4.54. The molecule has 0 bridgehead atoms. The molecule has 0 radical (unpaired) electrons. The fourth-order valence-electron chi connectivity index (χ4n) is 1.68. The van der Waals surface area contributed by atoms with Crippen molar-refractivity contribution in [1.82, 2.24) is 5.32 Å². The van der Waals surface area contributed by atoms with Crippen LogP contribution in [0.1, 0.15) is 22.2 Å². The van der Waals surface area contributed by atoms with Gasteiger partial charge in [0.2, 0.25) is 0 Å². The highest BCUT2D eigenvalue weighted by molar-refractivity contribution is 6.29. The van der Waals surface area contributed by atoms with E-state index in [4.69, 9.17) is 16.0 Å². The van der Waals surface area contributed by atoms with Gasteiger partial charge in [-0.05, 0) is 41.4 Å². The van der Waals surface area contributed by atoms with Crippen LogP contribution >= 0.6 is 11.6 Å². The van der Waals surface area contributed by atoms with Gasteiger partial charge in [0.1, 0.15) is 0 Å². The number of aliphatic hydroxyl groups is 1. The van der Waals surface area contributed by atoms with Crippen molar-refractivity contribution in [2.75, 3.05) is 6.61 Å². The molecular weight excluding hydrogens is 311 g/mol. The Morgan fingerprint density at radius 3 is 2.38 bits per heavy atom. The molecule has 2 aromatic rings. The molecule has 2 rings (SSSR count).